The number of benzene rings is 2. The van der Waals surface area contributed by atoms with Crippen molar-refractivity contribution in [2.75, 3.05) is 38.2 Å². The van der Waals surface area contributed by atoms with E-state index in [9.17, 15) is 9.65 Å². The largest absolute Gasteiger partial charge is 0.461 e. The molecule has 7 rings (SSSR count). The van der Waals surface area contributed by atoms with Gasteiger partial charge in [-0.1, -0.05) is 41.9 Å². The van der Waals surface area contributed by atoms with Crippen molar-refractivity contribution >= 4 is 39.1 Å². The van der Waals surface area contributed by atoms with E-state index in [1.807, 2.05) is 36.2 Å². The number of alkyl halides is 1. The molecule has 3 aliphatic rings. The Bertz CT molecular complexity index is 1740. The lowest BCUT2D eigenvalue weighted by Gasteiger charge is -2.31. The molecule has 0 amide bonds. The van der Waals surface area contributed by atoms with E-state index in [-0.39, 0.29) is 35.9 Å². The van der Waals surface area contributed by atoms with Gasteiger partial charge in [0.2, 0.25) is 0 Å². The molecule has 0 aliphatic carbocycles. The summed E-state index contributed by atoms with van der Waals surface area (Å²) in [6, 6.07) is 13.5. The van der Waals surface area contributed by atoms with Gasteiger partial charge in [0, 0.05) is 60.8 Å². The number of ether oxygens (including phenoxy) is 1. The van der Waals surface area contributed by atoms with Gasteiger partial charge in [-0.2, -0.15) is 15.2 Å². The van der Waals surface area contributed by atoms with Crippen LogP contribution < -0.4 is 15.0 Å². The summed E-state index contributed by atoms with van der Waals surface area (Å²) in [5, 5.41) is 15.1. The maximum absolute atomic E-state index is 16.6. The molecule has 0 spiro atoms. The van der Waals surface area contributed by atoms with Crippen molar-refractivity contribution < 1.29 is 13.5 Å². The molecule has 222 valence electrons. The molecule has 2 aromatic carbocycles. The van der Waals surface area contributed by atoms with Crippen molar-refractivity contribution in [2.24, 2.45) is 0 Å². The first-order valence-electron chi connectivity index (χ1n) is 14.8. The quantitative estimate of drug-likeness (QED) is 0.289. The number of nitriles is 1. The summed E-state index contributed by atoms with van der Waals surface area (Å²) in [6.45, 7) is 2.14. The number of fused-ring (bicyclic) bond motifs is 3. The number of likely N-dealkylation sites (N-methyl/N-ethyl adjacent to an activating group) is 1. The Labute approximate surface area is 253 Å². The first-order valence-corrected chi connectivity index (χ1v) is 15.1. The van der Waals surface area contributed by atoms with Crippen LogP contribution in [0.25, 0.3) is 32.9 Å². The number of hydrogen-bond acceptors (Lipinski definition) is 8. The molecule has 0 bridgehead atoms. The fourth-order valence-corrected chi connectivity index (χ4v) is 7.50. The second-order valence-corrected chi connectivity index (χ2v) is 12.4. The average molecular weight is 604 g/mol. The Hall–Kier alpha value is -3.65. The van der Waals surface area contributed by atoms with Gasteiger partial charge < -0.3 is 15.0 Å². The SMILES string of the molecule is CN(c1nc(OC[C@@]23CCCN2C[C@H](F)C3)nc2c(F)c(-c3cccc4cccc(Cl)c34)ncc12)[C@H]1CN[C@@H](CC#N)C1. The number of anilines is 1. The zero-order valence-electron chi connectivity index (χ0n) is 23.9. The number of pyridine rings is 1. The van der Waals surface area contributed by atoms with E-state index >= 15 is 4.39 Å². The highest BCUT2D eigenvalue weighted by Gasteiger charge is 2.49. The second kappa shape index (κ2) is 11.1. The third-order valence-electron chi connectivity index (χ3n) is 9.40. The molecule has 3 saturated heterocycles. The highest BCUT2D eigenvalue weighted by atomic mass is 35.5. The smallest absolute Gasteiger partial charge is 0.319 e. The zero-order chi connectivity index (χ0) is 29.7. The maximum Gasteiger partial charge on any atom is 0.319 e. The summed E-state index contributed by atoms with van der Waals surface area (Å²) in [5.41, 5.74) is 0.401. The predicted molar refractivity (Wildman–Crippen MR) is 163 cm³/mol. The fourth-order valence-electron chi connectivity index (χ4n) is 7.21. The molecule has 43 heavy (non-hydrogen) atoms. The Balaban J connectivity index is 1.32. The van der Waals surface area contributed by atoms with Crippen molar-refractivity contribution in [1.82, 2.24) is 25.2 Å². The number of halogens is 3. The van der Waals surface area contributed by atoms with E-state index in [4.69, 9.17) is 21.3 Å². The summed E-state index contributed by atoms with van der Waals surface area (Å²) in [6.07, 6.45) is 4.10. The highest BCUT2D eigenvalue weighted by molar-refractivity contribution is 6.36. The third-order valence-corrected chi connectivity index (χ3v) is 9.72. The van der Waals surface area contributed by atoms with E-state index in [0.29, 0.717) is 53.1 Å². The van der Waals surface area contributed by atoms with Gasteiger partial charge in [0.25, 0.3) is 0 Å². The number of hydrogen-bond donors (Lipinski definition) is 1. The summed E-state index contributed by atoms with van der Waals surface area (Å²) < 4.78 is 37.3. The van der Waals surface area contributed by atoms with Crippen LogP contribution in [0.3, 0.4) is 0 Å². The normalized spacial score (nSPS) is 25.3. The van der Waals surface area contributed by atoms with E-state index < -0.39 is 17.5 Å². The molecule has 2 aromatic heterocycles. The number of nitrogens with zero attached hydrogens (tertiary/aromatic N) is 6. The molecule has 11 heteroatoms. The van der Waals surface area contributed by atoms with Crippen LogP contribution in [-0.4, -0.2) is 76.9 Å². The van der Waals surface area contributed by atoms with Gasteiger partial charge in [-0.25, -0.2) is 8.78 Å². The van der Waals surface area contributed by atoms with Crippen LogP contribution in [0.4, 0.5) is 14.6 Å². The third kappa shape index (κ3) is 4.93. The monoisotopic (exact) mass is 603 g/mol. The second-order valence-electron chi connectivity index (χ2n) is 12.0. The summed E-state index contributed by atoms with van der Waals surface area (Å²) in [5.74, 6) is -0.0991. The van der Waals surface area contributed by atoms with Gasteiger partial charge in [0.1, 0.15) is 29.8 Å². The molecular formula is C32H32ClF2N7O. The molecule has 5 heterocycles. The van der Waals surface area contributed by atoms with Crippen LogP contribution in [0.1, 0.15) is 32.1 Å². The minimum atomic E-state index is -0.891. The molecule has 1 N–H and O–H groups in total. The molecule has 0 radical (unpaired) electrons. The molecular weight excluding hydrogens is 572 g/mol. The number of aromatic nitrogens is 3. The van der Waals surface area contributed by atoms with Crippen LogP contribution in [0, 0.1) is 17.1 Å². The van der Waals surface area contributed by atoms with Crippen molar-refractivity contribution in [3.63, 3.8) is 0 Å². The van der Waals surface area contributed by atoms with Gasteiger partial charge in [-0.05, 0) is 37.3 Å². The topological polar surface area (TPSA) is 90.2 Å². The average Bonchev–Trinajstić information content (AvgIpc) is 3.70. The van der Waals surface area contributed by atoms with Crippen LogP contribution in [0.5, 0.6) is 6.01 Å². The van der Waals surface area contributed by atoms with Crippen LogP contribution in [0.15, 0.2) is 42.6 Å². The summed E-state index contributed by atoms with van der Waals surface area (Å²) in [7, 11) is 1.91. The minimum absolute atomic E-state index is 0.0231. The molecule has 4 atom stereocenters. The lowest BCUT2D eigenvalue weighted by molar-refractivity contribution is 0.107. The predicted octanol–water partition coefficient (Wildman–Crippen LogP) is 5.67. The Morgan fingerprint density at radius 2 is 2.09 bits per heavy atom. The Kier molecular flexibility index (Phi) is 7.28. The lowest BCUT2D eigenvalue weighted by atomic mass is 9.95. The molecule has 0 unspecified atom stereocenters. The standard InChI is InChI=1S/C32H32ClF2N7O/c1-41(22-13-21(9-11-36)37-15-22)30-24-16-38-28(23-7-2-5-19-6-3-8-25(33)26(19)23)27(35)29(24)39-31(40-30)43-18-32-10-4-12-42(32)17-20(34)14-32/h2-3,5-8,16,20-22,37H,4,9-10,12-15,17-18H2,1H3/t20-,21+,22-,32+/m1/s1. The molecule has 0 saturated carbocycles. The zero-order valence-corrected chi connectivity index (χ0v) is 24.6. The van der Waals surface area contributed by atoms with Gasteiger partial charge in [0.05, 0.1) is 23.4 Å². The highest BCUT2D eigenvalue weighted by Crippen LogP contribution is 2.41. The van der Waals surface area contributed by atoms with E-state index in [1.165, 1.54) is 0 Å². The molecule has 3 aliphatic heterocycles. The van der Waals surface area contributed by atoms with Crippen molar-refractivity contribution in [1.29, 1.82) is 5.26 Å². The van der Waals surface area contributed by atoms with Gasteiger partial charge in [0.15, 0.2) is 5.82 Å². The first kappa shape index (κ1) is 28.1. The van der Waals surface area contributed by atoms with Crippen molar-refractivity contribution in [3.05, 3.63) is 53.4 Å². The number of nitrogens with one attached hydrogen (secondary N) is 1. The van der Waals surface area contributed by atoms with Gasteiger partial charge in [-0.3, -0.25) is 9.88 Å². The van der Waals surface area contributed by atoms with Gasteiger partial charge in [-0.15, -0.1) is 0 Å². The maximum atomic E-state index is 16.6. The van der Waals surface area contributed by atoms with E-state index in [0.717, 1.165) is 31.2 Å². The summed E-state index contributed by atoms with van der Waals surface area (Å²) in [4.78, 5) is 18.1. The summed E-state index contributed by atoms with van der Waals surface area (Å²) >= 11 is 6.58. The Morgan fingerprint density at radius 1 is 1.26 bits per heavy atom. The first-order chi connectivity index (χ1) is 20.9. The van der Waals surface area contributed by atoms with E-state index in [1.54, 1.807) is 18.3 Å². The molecule has 3 fully saturated rings. The van der Waals surface area contributed by atoms with Crippen LogP contribution in [0.2, 0.25) is 5.02 Å². The van der Waals surface area contributed by atoms with Crippen LogP contribution >= 0.6 is 11.6 Å². The lowest BCUT2D eigenvalue weighted by Crippen LogP contribution is -2.43. The Morgan fingerprint density at radius 3 is 2.93 bits per heavy atom. The minimum Gasteiger partial charge on any atom is -0.461 e. The molecule has 4 aromatic rings. The van der Waals surface area contributed by atoms with Crippen molar-refractivity contribution in [3.8, 4) is 23.3 Å². The fraction of sp³-hybridized carbons (Fsp3) is 0.438. The van der Waals surface area contributed by atoms with E-state index in [2.05, 4.69) is 26.3 Å². The molecule has 8 nitrogen and oxygen atoms in total. The van der Waals surface area contributed by atoms with Crippen LogP contribution in [-0.2, 0) is 0 Å². The number of rotatable bonds is 7. The van der Waals surface area contributed by atoms with Crippen molar-refractivity contribution in [2.45, 2.75) is 55.9 Å². The van der Waals surface area contributed by atoms with Gasteiger partial charge >= 0.3 is 6.01 Å².